The van der Waals surface area contributed by atoms with Crippen LogP contribution in [0.1, 0.15) is 52.4 Å². The van der Waals surface area contributed by atoms with E-state index >= 15 is 0 Å². The molecule has 0 aromatic rings. The number of rotatable bonds is 5. The summed E-state index contributed by atoms with van der Waals surface area (Å²) in [6.07, 6.45) is 4.37. The van der Waals surface area contributed by atoms with Crippen LogP contribution < -0.4 is 5.32 Å². The van der Waals surface area contributed by atoms with Gasteiger partial charge in [0, 0.05) is 6.54 Å². The van der Waals surface area contributed by atoms with E-state index in [1.807, 2.05) is 13.8 Å². The molecule has 0 radical (unpaired) electrons. The molecule has 0 bridgehead atoms. The Morgan fingerprint density at radius 1 is 1.41 bits per heavy atom. The van der Waals surface area contributed by atoms with Crippen LogP contribution in [0.15, 0.2) is 0 Å². The Balaban J connectivity index is 2.58. The van der Waals surface area contributed by atoms with Gasteiger partial charge in [-0.05, 0) is 25.7 Å². The van der Waals surface area contributed by atoms with E-state index in [-0.39, 0.29) is 12.5 Å². The van der Waals surface area contributed by atoms with Crippen LogP contribution in [0.5, 0.6) is 0 Å². The summed E-state index contributed by atoms with van der Waals surface area (Å²) in [6, 6.07) is 2.16. The van der Waals surface area contributed by atoms with E-state index in [9.17, 15) is 9.90 Å². The summed E-state index contributed by atoms with van der Waals surface area (Å²) in [5, 5.41) is 22.0. The minimum atomic E-state index is -0.845. The average Bonchev–Trinajstić information content (AvgIpc) is 2.85. The fraction of sp³-hybridized carbons (Fsp3) is 0.846. The monoisotopic (exact) mass is 238 g/mol. The lowest BCUT2D eigenvalue weighted by Gasteiger charge is -2.27. The van der Waals surface area contributed by atoms with E-state index < -0.39 is 11.0 Å². The molecule has 0 spiro atoms. The first-order valence-electron chi connectivity index (χ1n) is 6.44. The van der Waals surface area contributed by atoms with Crippen molar-refractivity contribution in [1.82, 2.24) is 5.32 Å². The number of carbonyl (C=O) groups excluding carboxylic acids is 1. The van der Waals surface area contributed by atoms with Crippen LogP contribution >= 0.6 is 0 Å². The molecule has 0 aromatic heterocycles. The zero-order valence-corrected chi connectivity index (χ0v) is 10.8. The van der Waals surface area contributed by atoms with Crippen molar-refractivity contribution in [2.75, 3.05) is 6.54 Å². The van der Waals surface area contributed by atoms with Gasteiger partial charge >= 0.3 is 0 Å². The zero-order chi connectivity index (χ0) is 12.9. The van der Waals surface area contributed by atoms with Crippen LogP contribution in [0.3, 0.4) is 0 Å². The highest BCUT2D eigenvalue weighted by molar-refractivity contribution is 5.85. The van der Waals surface area contributed by atoms with E-state index in [0.717, 1.165) is 12.8 Å². The second kappa shape index (κ2) is 5.50. The first-order valence-corrected chi connectivity index (χ1v) is 6.44. The van der Waals surface area contributed by atoms with Crippen molar-refractivity contribution in [3.8, 4) is 6.07 Å². The fourth-order valence-corrected chi connectivity index (χ4v) is 2.28. The minimum absolute atomic E-state index is 0.210. The number of nitrogens with one attached hydrogen (secondary N) is 1. The van der Waals surface area contributed by atoms with E-state index in [1.165, 1.54) is 0 Å². The first kappa shape index (κ1) is 14.0. The average molecular weight is 238 g/mol. The highest BCUT2D eigenvalue weighted by Gasteiger charge is 2.42. The van der Waals surface area contributed by atoms with Gasteiger partial charge in [0.1, 0.15) is 5.41 Å². The molecule has 1 aliphatic rings. The molecule has 0 aromatic carbocycles. The van der Waals surface area contributed by atoms with Crippen molar-refractivity contribution in [2.24, 2.45) is 5.41 Å². The zero-order valence-electron chi connectivity index (χ0n) is 10.8. The van der Waals surface area contributed by atoms with Gasteiger partial charge in [-0.15, -0.1) is 0 Å². The molecule has 2 N–H and O–H groups in total. The van der Waals surface area contributed by atoms with Crippen LogP contribution in [0.25, 0.3) is 0 Å². The third-order valence-corrected chi connectivity index (χ3v) is 4.00. The molecular formula is C13H22N2O2. The Bertz CT molecular complexity index is 310. The van der Waals surface area contributed by atoms with Crippen molar-refractivity contribution < 1.29 is 9.90 Å². The summed E-state index contributed by atoms with van der Waals surface area (Å²) in [7, 11) is 0. The number of amides is 1. The third-order valence-electron chi connectivity index (χ3n) is 4.00. The number of carbonyl (C=O) groups is 1. The highest BCUT2D eigenvalue weighted by Crippen LogP contribution is 2.37. The molecular weight excluding hydrogens is 216 g/mol. The third kappa shape index (κ3) is 2.98. The molecule has 0 unspecified atom stereocenters. The Kier molecular flexibility index (Phi) is 4.53. The second-order valence-electron chi connectivity index (χ2n) is 5.02. The molecule has 1 amide bonds. The lowest BCUT2D eigenvalue weighted by Crippen LogP contribution is -2.46. The molecule has 17 heavy (non-hydrogen) atoms. The van der Waals surface area contributed by atoms with Gasteiger partial charge in [0.05, 0.1) is 11.7 Å². The standard InChI is InChI=1S/C13H22N2O2/c1-3-13(17,4-2)10-15-11(16)12(9-14)7-5-6-8-12/h17H,3-8,10H2,1-2H3,(H,15,16). The van der Waals surface area contributed by atoms with Crippen LogP contribution in [0.2, 0.25) is 0 Å². The lowest BCUT2D eigenvalue weighted by molar-refractivity contribution is -0.129. The smallest absolute Gasteiger partial charge is 0.240 e. The Morgan fingerprint density at radius 2 is 1.94 bits per heavy atom. The minimum Gasteiger partial charge on any atom is -0.388 e. The van der Waals surface area contributed by atoms with Crippen molar-refractivity contribution in [3.05, 3.63) is 0 Å². The van der Waals surface area contributed by atoms with Gasteiger partial charge in [-0.25, -0.2) is 0 Å². The maximum atomic E-state index is 12.0. The molecule has 1 fully saturated rings. The number of aliphatic hydroxyl groups is 1. The molecule has 1 aliphatic carbocycles. The molecule has 1 saturated carbocycles. The van der Waals surface area contributed by atoms with Crippen LogP contribution in [-0.4, -0.2) is 23.2 Å². The number of hydrogen-bond acceptors (Lipinski definition) is 3. The van der Waals surface area contributed by atoms with Crippen LogP contribution in [0.4, 0.5) is 0 Å². The summed E-state index contributed by atoms with van der Waals surface area (Å²) < 4.78 is 0. The van der Waals surface area contributed by atoms with Crippen LogP contribution in [-0.2, 0) is 4.79 Å². The second-order valence-corrected chi connectivity index (χ2v) is 5.02. The van der Waals surface area contributed by atoms with Crippen LogP contribution in [0, 0.1) is 16.7 Å². The molecule has 0 atom stereocenters. The predicted molar refractivity (Wildman–Crippen MR) is 65.1 cm³/mol. The van der Waals surface area contributed by atoms with Gasteiger partial charge in [0.2, 0.25) is 5.91 Å². The maximum absolute atomic E-state index is 12.0. The van der Waals surface area contributed by atoms with Crippen molar-refractivity contribution in [3.63, 3.8) is 0 Å². The summed E-state index contributed by atoms with van der Waals surface area (Å²) in [5.41, 5.74) is -1.69. The molecule has 0 heterocycles. The summed E-state index contributed by atoms with van der Waals surface area (Å²) >= 11 is 0. The normalized spacial score (nSPS) is 18.7. The number of hydrogen-bond donors (Lipinski definition) is 2. The highest BCUT2D eigenvalue weighted by atomic mass is 16.3. The molecule has 4 heteroatoms. The lowest BCUT2D eigenvalue weighted by atomic mass is 9.86. The largest absolute Gasteiger partial charge is 0.388 e. The van der Waals surface area contributed by atoms with Gasteiger partial charge in [0.15, 0.2) is 0 Å². The summed E-state index contributed by atoms with van der Waals surface area (Å²) in [6.45, 7) is 4.03. The van der Waals surface area contributed by atoms with Gasteiger partial charge in [-0.2, -0.15) is 5.26 Å². The topological polar surface area (TPSA) is 73.1 Å². The first-order chi connectivity index (χ1) is 8.02. The molecule has 96 valence electrons. The number of nitrogens with zero attached hydrogens (tertiary/aromatic N) is 1. The van der Waals surface area contributed by atoms with E-state index in [4.69, 9.17) is 5.26 Å². The van der Waals surface area contributed by atoms with E-state index in [2.05, 4.69) is 11.4 Å². The fourth-order valence-electron chi connectivity index (χ4n) is 2.28. The van der Waals surface area contributed by atoms with Gasteiger partial charge in [-0.3, -0.25) is 4.79 Å². The van der Waals surface area contributed by atoms with Crippen molar-refractivity contribution in [1.29, 1.82) is 5.26 Å². The van der Waals surface area contributed by atoms with E-state index in [1.54, 1.807) is 0 Å². The molecule has 4 nitrogen and oxygen atoms in total. The molecule has 0 saturated heterocycles. The Morgan fingerprint density at radius 3 is 2.35 bits per heavy atom. The quantitative estimate of drug-likeness (QED) is 0.766. The Hall–Kier alpha value is -1.08. The van der Waals surface area contributed by atoms with Gasteiger partial charge in [0.25, 0.3) is 0 Å². The Labute approximate surface area is 103 Å². The van der Waals surface area contributed by atoms with E-state index in [0.29, 0.717) is 25.7 Å². The van der Waals surface area contributed by atoms with Gasteiger partial charge < -0.3 is 10.4 Å². The molecule has 0 aliphatic heterocycles. The van der Waals surface area contributed by atoms with Gasteiger partial charge in [-0.1, -0.05) is 26.7 Å². The summed E-state index contributed by atoms with van der Waals surface area (Å²) in [5.74, 6) is -0.210. The van der Waals surface area contributed by atoms with Crippen molar-refractivity contribution >= 4 is 5.91 Å². The maximum Gasteiger partial charge on any atom is 0.240 e. The predicted octanol–water partition coefficient (Wildman–Crippen LogP) is 1.74. The van der Waals surface area contributed by atoms with Crippen molar-refractivity contribution in [2.45, 2.75) is 58.0 Å². The molecule has 1 rings (SSSR count). The summed E-state index contributed by atoms with van der Waals surface area (Å²) in [4.78, 5) is 12.0. The SMILES string of the molecule is CCC(O)(CC)CNC(=O)C1(C#N)CCCC1. The number of nitriles is 1.